The van der Waals surface area contributed by atoms with Crippen molar-refractivity contribution in [2.24, 2.45) is 17.2 Å². The number of benzene rings is 7. The van der Waals surface area contributed by atoms with Gasteiger partial charge in [0.1, 0.15) is 6.29 Å². The van der Waals surface area contributed by atoms with Crippen LogP contribution in [-0.2, 0) is 81.7 Å². The van der Waals surface area contributed by atoms with Gasteiger partial charge in [-0.25, -0.2) is 16.2 Å². The van der Waals surface area contributed by atoms with E-state index in [2.05, 4.69) is 179 Å². The van der Waals surface area contributed by atoms with Crippen molar-refractivity contribution in [1.29, 1.82) is 5.26 Å². The van der Waals surface area contributed by atoms with E-state index < -0.39 is 59.0 Å². The number of nitrogens with one attached hydrogen (secondary N) is 5. The molecule has 0 bridgehead atoms. The van der Waals surface area contributed by atoms with Gasteiger partial charge in [-0.3, -0.25) is 14.4 Å². The molecule has 119 heavy (non-hydrogen) atoms. The largest absolute Gasteiger partial charge is 0.677 e. The first-order valence-corrected chi connectivity index (χ1v) is 45.6. The Hall–Kier alpha value is -9.78. The van der Waals surface area contributed by atoms with Crippen LogP contribution in [0.5, 0.6) is 0 Å². The fraction of sp³-hybridized carbons (Fsp3) is 0.418. The van der Waals surface area contributed by atoms with Gasteiger partial charge in [0.05, 0.1) is 20.3 Å². The summed E-state index contributed by atoms with van der Waals surface area (Å²) in [4.78, 5) is 100. The van der Waals surface area contributed by atoms with E-state index in [1.54, 1.807) is 12.1 Å². The molecule has 7 aromatic carbocycles. The van der Waals surface area contributed by atoms with E-state index in [1.807, 2.05) is 81.4 Å². The van der Waals surface area contributed by atoms with E-state index in [0.717, 1.165) is 82.3 Å². The van der Waals surface area contributed by atoms with Gasteiger partial charge in [0, 0.05) is 108 Å². The SMILES string of the molecule is CC(=O)[O][Pb]([O]C(C)=O)([O]C(C)=O)[O]C(C)=O.CCCC(CCC)c1ccc(C)cc1.COC(=O)NCC(CNC(=O)OC)c1ccc(N)cc1.Cc1ccc(C(CCNC=O)CCC(N)=O)cc1.Cc1ccc(C(CN)CN)cc1.Cc1ccc(C(C[NH-])C[NH-])cc1.Cc1ccc(C=O)cc1.[C-]#[N+]CCC(CCC#N)c1ccc(C)cc1.[Y]. The molecule has 645 valence electrons. The van der Waals surface area contributed by atoms with Gasteiger partial charge in [-0.15, -0.1) is 13.1 Å². The summed E-state index contributed by atoms with van der Waals surface area (Å²) in [5.41, 5.74) is 52.6. The number of hydrogen-bond acceptors (Lipinski definition) is 19. The molecular weight excluding hydrogens is 1780 g/mol. The maximum atomic E-state index is 11.1. The number of carbonyl (C=O) groups excluding carboxylic acids is 9. The second-order valence-corrected chi connectivity index (χ2v) is 34.8. The van der Waals surface area contributed by atoms with Gasteiger partial charge < -0.3 is 64.7 Å². The zero-order valence-corrected chi connectivity index (χ0v) is 78.6. The number of amides is 4. The van der Waals surface area contributed by atoms with Gasteiger partial charge in [0.25, 0.3) is 0 Å². The number of nitriles is 1. The van der Waals surface area contributed by atoms with Gasteiger partial charge in [-0.1, -0.05) is 224 Å². The van der Waals surface area contributed by atoms with Crippen LogP contribution >= 0.6 is 0 Å². The molecule has 2 atom stereocenters. The quantitative estimate of drug-likeness (QED) is 0.00647. The number of nitrogens with two attached hydrogens (primary N) is 4. The molecule has 0 aliphatic rings. The molecule has 4 amide bonds. The zero-order chi connectivity index (χ0) is 88.8. The number of nitrogens with zero attached hydrogens (tertiary/aromatic N) is 2. The fourth-order valence-corrected chi connectivity index (χ4v) is 17.6. The van der Waals surface area contributed by atoms with Crippen LogP contribution in [0.1, 0.15) is 218 Å². The molecule has 1 radical (unpaired) electrons. The molecule has 2 unspecified atom stereocenters. The summed E-state index contributed by atoms with van der Waals surface area (Å²) in [5, 5.41) is 16.5. The smallest absolute Gasteiger partial charge is 0.406 e. The molecule has 28 heteroatoms. The van der Waals surface area contributed by atoms with Gasteiger partial charge in [0.15, 0.2) is 0 Å². The Balaban J connectivity index is 0. The van der Waals surface area contributed by atoms with Crippen LogP contribution in [0, 0.1) is 59.4 Å². The summed E-state index contributed by atoms with van der Waals surface area (Å²) in [6, 6.07) is 59.0. The average Bonchev–Trinajstić information content (AvgIpc) is 0.836. The van der Waals surface area contributed by atoms with E-state index in [4.69, 9.17) is 46.2 Å². The first kappa shape index (κ1) is 111. The molecule has 7 rings (SSSR count). The van der Waals surface area contributed by atoms with Gasteiger partial charge in [0.2, 0.25) is 18.9 Å². The van der Waals surface area contributed by atoms with Crippen molar-refractivity contribution in [2.45, 2.75) is 183 Å². The number of nitrogen functional groups attached to an aromatic ring is 1. The summed E-state index contributed by atoms with van der Waals surface area (Å²) >= 11 is -5.43. The molecule has 0 saturated carbocycles. The summed E-state index contributed by atoms with van der Waals surface area (Å²) in [5.74, 6) is -2.12. The number of hydrogen-bond donors (Lipinski definition) is 7. The topological polar surface area (TPSA) is 425 Å². The average molecular weight is 1910 g/mol. The number of carbonyl (C=O) groups is 9. The monoisotopic (exact) mass is 1910 g/mol. The molecule has 0 aliphatic carbocycles. The van der Waals surface area contributed by atoms with Crippen LogP contribution in [0.2, 0.25) is 0 Å². The fourth-order valence-electron chi connectivity index (χ4n) is 11.2. The number of aryl methyl sites for hydroxylation is 6. The first-order chi connectivity index (χ1) is 56.3. The van der Waals surface area contributed by atoms with Crippen LogP contribution in [0.25, 0.3) is 16.3 Å². The van der Waals surface area contributed by atoms with Gasteiger partial charge in [-0.05, 0) is 137 Å². The Labute approximate surface area is 738 Å². The minimum atomic E-state index is -5.43. The number of ether oxygens (including phenoxy) is 2. The van der Waals surface area contributed by atoms with E-state index in [-0.39, 0.29) is 56.4 Å². The number of rotatable bonds is 34. The Morgan fingerprint density at radius 2 is 0.790 bits per heavy atom. The molecule has 0 spiro atoms. The molecule has 7 aromatic rings. The number of methoxy groups -OCH3 is 2. The summed E-state index contributed by atoms with van der Waals surface area (Å²) in [7, 11) is 2.58. The van der Waals surface area contributed by atoms with Crippen molar-refractivity contribution < 1.29 is 96.1 Å². The van der Waals surface area contributed by atoms with Gasteiger partial charge in [-0.2, -0.15) is 5.26 Å². The van der Waals surface area contributed by atoms with Crippen molar-refractivity contribution in [1.82, 2.24) is 16.0 Å². The normalized spacial score (nSPS) is 10.6. The van der Waals surface area contributed by atoms with E-state index in [9.17, 15) is 43.2 Å². The summed E-state index contributed by atoms with van der Waals surface area (Å²) in [6.45, 7) is 31.4. The van der Waals surface area contributed by atoms with Crippen molar-refractivity contribution in [2.75, 3.05) is 72.3 Å². The predicted molar refractivity (Wildman–Crippen MR) is 468 cm³/mol. The van der Waals surface area contributed by atoms with Crippen molar-refractivity contribution in [3.8, 4) is 6.07 Å². The molecule has 0 fully saturated rings. The molecule has 13 N–H and O–H groups in total. The molecule has 26 nitrogen and oxygen atoms in total. The number of primary amides is 1. The first-order valence-electron chi connectivity index (χ1n) is 39.3. The number of alkyl carbamates (subject to hydrolysis) is 2. The number of anilines is 1. The second-order valence-electron chi connectivity index (χ2n) is 27.7. The van der Waals surface area contributed by atoms with Crippen LogP contribution in [0.15, 0.2) is 170 Å². The molecule has 0 aromatic heterocycles. The Bertz CT molecular complexity index is 3900. The van der Waals surface area contributed by atoms with E-state index in [1.165, 1.54) is 95.5 Å². The van der Waals surface area contributed by atoms with Crippen LogP contribution < -0.4 is 38.9 Å². The van der Waals surface area contributed by atoms with Crippen LogP contribution in [0.3, 0.4) is 0 Å². The Morgan fingerprint density at radius 3 is 1.08 bits per heavy atom. The summed E-state index contributed by atoms with van der Waals surface area (Å²) < 4.78 is 27.5. The predicted octanol–water partition coefficient (Wildman–Crippen LogP) is 16.6. The zero-order valence-electron chi connectivity index (χ0n) is 71.9. The minimum Gasteiger partial charge on any atom is -0.677 e. The van der Waals surface area contributed by atoms with Gasteiger partial charge >= 0.3 is 117 Å². The van der Waals surface area contributed by atoms with Crippen molar-refractivity contribution in [3.63, 3.8) is 0 Å². The third kappa shape index (κ3) is 52.7. The number of aldehydes is 1. The van der Waals surface area contributed by atoms with E-state index >= 15 is 0 Å². The maximum Gasteiger partial charge on any atom is 0.406 e. The third-order valence-corrected chi connectivity index (χ3v) is 26.1. The molecule has 0 aliphatic heterocycles. The van der Waals surface area contributed by atoms with Crippen molar-refractivity contribution in [3.05, 3.63) is 265 Å². The Kier molecular flexibility index (Phi) is 62.7. The summed E-state index contributed by atoms with van der Waals surface area (Å²) in [6.07, 6.45) is 9.92. The van der Waals surface area contributed by atoms with Crippen molar-refractivity contribution >= 4 is 83.3 Å². The second kappa shape index (κ2) is 67.0. The van der Waals surface area contributed by atoms with E-state index in [0.29, 0.717) is 89.1 Å². The molecule has 0 saturated heterocycles. The maximum absolute atomic E-state index is 11.1. The van der Waals surface area contributed by atoms with Crippen LogP contribution in [0.4, 0.5) is 15.3 Å². The molecular formula is C91H127N11O15PbY-2. The standard InChI is InChI=1S/C14H20N2O2.C14H16N2.C14H22.C13H19N3O4.C10H16N2.C10H14N2.C8H8O.4C2H4O2.Pb.Y/c1-11-2-4-12(5-3-11)13(6-7-14(15)18)8-9-16-10-17;1-12-5-7-14(8-6-12)13(4-3-10-15)9-11-16-2;1-4-6-13(7-5-2)14-10-8-12(3)9-11-14;1-19-12(17)15-7-10(8-16-13(18)20-2)9-3-5-11(14)6-4-9;2*1-8-2-4-9(5-3-8)10(6-11)7-12;1-7-2-4-8(6-9)5-3-7;4*1-2(3)4;;/h2-5,10,13H,6-9H2,1H3,(H2,15,18)(H,16,17);5-8,13H,3-4,9,11H2,1H3;8-11,13H,4-7H2,1-3H3;3-6,10H,7-8,14H2,1-2H3,(H,15,17)(H,16,18);2-5,10H,6-7,11-12H2,1H3;2-5,10-12H,6-7H2,1H3;2-6H,1H3;4*1H3,(H,3,4);;/q;;;;;-2;;;;;;+4;/p-4. The Morgan fingerprint density at radius 1 is 0.479 bits per heavy atom. The minimum absolute atomic E-state index is 0. The van der Waals surface area contributed by atoms with Crippen LogP contribution in [-0.4, -0.2) is 144 Å². The third-order valence-electron chi connectivity index (χ3n) is 17.8. The molecule has 0 heterocycles.